The smallest absolute Gasteiger partial charge is 0.115 e. The van der Waals surface area contributed by atoms with Crippen molar-refractivity contribution in [1.29, 1.82) is 0 Å². The molecule has 2 rings (SSSR count). The Labute approximate surface area is 131 Å². The Kier molecular flexibility index (Phi) is 5.57. The van der Waals surface area contributed by atoms with Crippen LogP contribution in [0.5, 0.6) is 0 Å². The lowest BCUT2D eigenvalue weighted by Crippen LogP contribution is -2.22. The third-order valence-corrected chi connectivity index (χ3v) is 5.54. The van der Waals surface area contributed by atoms with Crippen molar-refractivity contribution in [2.24, 2.45) is 0 Å². The summed E-state index contributed by atoms with van der Waals surface area (Å²) in [5, 5.41) is 9.09. The summed E-state index contributed by atoms with van der Waals surface area (Å²) < 4.78 is 1.15. The fourth-order valence-corrected chi connectivity index (χ4v) is 4.44. The van der Waals surface area contributed by atoms with Gasteiger partial charge in [0.1, 0.15) is 5.01 Å². The Balaban J connectivity index is 2.25. The first-order valence-electron chi connectivity index (χ1n) is 6.54. The predicted octanol–water partition coefficient (Wildman–Crippen LogP) is 5.18. The summed E-state index contributed by atoms with van der Waals surface area (Å²) in [6.07, 6.45) is 1.13. The lowest BCUT2D eigenvalue weighted by atomic mass is 10.1. The van der Waals surface area contributed by atoms with Gasteiger partial charge >= 0.3 is 0 Å². The molecule has 2 nitrogen and oxygen atoms in total. The first-order chi connectivity index (χ1) is 9.11. The van der Waals surface area contributed by atoms with Gasteiger partial charge in [-0.25, -0.2) is 4.98 Å². The van der Waals surface area contributed by atoms with Gasteiger partial charge in [0.2, 0.25) is 0 Å². The molecule has 5 heteroatoms. The van der Waals surface area contributed by atoms with Crippen molar-refractivity contribution in [1.82, 2.24) is 10.3 Å². The van der Waals surface area contributed by atoms with Crippen LogP contribution in [-0.4, -0.2) is 11.5 Å². The van der Waals surface area contributed by atoms with Crippen LogP contribution < -0.4 is 5.32 Å². The van der Waals surface area contributed by atoms with Gasteiger partial charge in [-0.15, -0.1) is 22.7 Å². The average Bonchev–Trinajstić information content (AvgIpc) is 2.99. The highest BCUT2D eigenvalue weighted by Gasteiger charge is 2.19. The number of hydrogen-bond acceptors (Lipinski definition) is 4. The molecule has 1 unspecified atom stereocenters. The molecule has 0 bridgehead atoms. The van der Waals surface area contributed by atoms with Crippen LogP contribution in [0.15, 0.2) is 21.3 Å². The first-order valence-corrected chi connectivity index (χ1v) is 9.09. The van der Waals surface area contributed by atoms with Crippen LogP contribution in [0, 0.1) is 0 Å². The highest BCUT2D eigenvalue weighted by molar-refractivity contribution is 9.10. The van der Waals surface area contributed by atoms with Crippen molar-refractivity contribution >= 4 is 38.6 Å². The Morgan fingerprint density at radius 2 is 2.11 bits per heavy atom. The minimum Gasteiger partial charge on any atom is -0.304 e. The zero-order valence-corrected chi connectivity index (χ0v) is 14.7. The van der Waals surface area contributed by atoms with E-state index < -0.39 is 0 Å². The van der Waals surface area contributed by atoms with Crippen LogP contribution >= 0.6 is 38.6 Å². The van der Waals surface area contributed by atoms with Gasteiger partial charge in [-0.05, 0) is 40.9 Å². The molecule has 104 valence electrons. The Bertz CT molecular complexity index is 519. The number of nitrogens with one attached hydrogen (secondary N) is 1. The molecule has 2 aromatic heterocycles. The number of nitrogens with zero attached hydrogens (tertiary/aromatic N) is 1. The van der Waals surface area contributed by atoms with Gasteiger partial charge in [-0.3, -0.25) is 0 Å². The molecule has 0 fully saturated rings. The second kappa shape index (κ2) is 6.97. The molecule has 0 saturated heterocycles. The minimum absolute atomic E-state index is 0.230. The molecule has 0 aromatic carbocycles. The first kappa shape index (κ1) is 15.2. The molecule has 0 aliphatic heterocycles. The Hall–Kier alpha value is -0.230. The average molecular weight is 359 g/mol. The fourth-order valence-electron chi connectivity index (χ4n) is 1.78. The molecular weight excluding hydrogens is 340 g/mol. The monoisotopic (exact) mass is 358 g/mol. The predicted molar refractivity (Wildman–Crippen MR) is 88.4 cm³/mol. The number of halogens is 1. The lowest BCUT2D eigenvalue weighted by Gasteiger charge is -2.14. The fraction of sp³-hybridized carbons (Fsp3) is 0.500. The van der Waals surface area contributed by atoms with E-state index in [0.717, 1.165) is 17.4 Å². The van der Waals surface area contributed by atoms with Crippen molar-refractivity contribution in [3.05, 3.63) is 36.9 Å². The van der Waals surface area contributed by atoms with E-state index in [0.29, 0.717) is 5.92 Å². The molecule has 0 saturated carbocycles. The zero-order chi connectivity index (χ0) is 13.8. The molecule has 1 atom stereocenters. The normalized spacial score (nSPS) is 13.1. The minimum atomic E-state index is 0.230. The van der Waals surface area contributed by atoms with E-state index >= 15 is 0 Å². The molecule has 0 radical (unpaired) electrons. The van der Waals surface area contributed by atoms with E-state index in [1.807, 2.05) is 0 Å². The maximum atomic E-state index is 4.80. The quantitative estimate of drug-likeness (QED) is 0.769. The van der Waals surface area contributed by atoms with Gasteiger partial charge in [0.15, 0.2) is 0 Å². The lowest BCUT2D eigenvalue weighted by molar-refractivity contribution is 0.600. The summed E-state index contributed by atoms with van der Waals surface area (Å²) in [5.74, 6) is 0.492. The van der Waals surface area contributed by atoms with Crippen LogP contribution in [0.25, 0.3) is 0 Å². The van der Waals surface area contributed by atoms with Crippen molar-refractivity contribution in [3.8, 4) is 0 Å². The molecular formula is C14H19BrN2S2. The van der Waals surface area contributed by atoms with Crippen molar-refractivity contribution in [2.75, 3.05) is 6.54 Å². The summed E-state index contributed by atoms with van der Waals surface area (Å²) in [7, 11) is 0. The number of hydrogen-bond donors (Lipinski definition) is 1. The van der Waals surface area contributed by atoms with Crippen molar-refractivity contribution in [2.45, 2.75) is 39.2 Å². The number of thiophene rings is 1. The molecule has 0 aliphatic carbocycles. The number of aromatic nitrogens is 1. The summed E-state index contributed by atoms with van der Waals surface area (Å²) in [4.78, 5) is 6.12. The van der Waals surface area contributed by atoms with E-state index in [2.05, 4.69) is 58.8 Å². The molecule has 2 heterocycles. The second-order valence-corrected chi connectivity index (χ2v) is 7.57. The SMILES string of the molecule is CCCNC(c1cc(Br)cs1)c1nc(C(C)C)cs1. The Morgan fingerprint density at radius 1 is 1.32 bits per heavy atom. The number of thiazole rings is 1. The summed E-state index contributed by atoms with van der Waals surface area (Å²) >= 11 is 7.07. The van der Waals surface area contributed by atoms with Crippen LogP contribution in [0.3, 0.4) is 0 Å². The van der Waals surface area contributed by atoms with Gasteiger partial charge in [0.25, 0.3) is 0 Å². The van der Waals surface area contributed by atoms with Crippen LogP contribution in [-0.2, 0) is 0 Å². The molecule has 1 N–H and O–H groups in total. The molecule has 0 amide bonds. The molecule has 0 spiro atoms. The van der Waals surface area contributed by atoms with E-state index in [1.54, 1.807) is 22.7 Å². The topological polar surface area (TPSA) is 24.9 Å². The third kappa shape index (κ3) is 3.88. The highest BCUT2D eigenvalue weighted by Crippen LogP contribution is 2.32. The summed E-state index contributed by atoms with van der Waals surface area (Å²) in [5.41, 5.74) is 1.19. The summed E-state index contributed by atoms with van der Waals surface area (Å²) in [6.45, 7) is 7.58. The van der Waals surface area contributed by atoms with Gasteiger partial charge < -0.3 is 5.32 Å². The third-order valence-electron chi connectivity index (χ3n) is 2.85. The second-order valence-electron chi connectivity index (χ2n) is 4.82. The van der Waals surface area contributed by atoms with Crippen molar-refractivity contribution < 1.29 is 0 Å². The molecule has 19 heavy (non-hydrogen) atoms. The van der Waals surface area contributed by atoms with Crippen LogP contribution in [0.4, 0.5) is 0 Å². The van der Waals surface area contributed by atoms with E-state index in [-0.39, 0.29) is 6.04 Å². The van der Waals surface area contributed by atoms with Crippen LogP contribution in [0.2, 0.25) is 0 Å². The standard InChI is InChI=1S/C14H19BrN2S2/c1-4-5-16-13(12-6-10(15)7-18-12)14-17-11(8-19-14)9(2)3/h6-9,13,16H,4-5H2,1-3H3. The van der Waals surface area contributed by atoms with Crippen LogP contribution in [0.1, 0.15) is 54.7 Å². The summed E-state index contributed by atoms with van der Waals surface area (Å²) in [6, 6.07) is 2.42. The van der Waals surface area contributed by atoms with Gasteiger partial charge in [0, 0.05) is 20.1 Å². The van der Waals surface area contributed by atoms with E-state index in [9.17, 15) is 0 Å². The van der Waals surface area contributed by atoms with Gasteiger partial charge in [-0.1, -0.05) is 20.8 Å². The maximum absolute atomic E-state index is 4.80. The van der Waals surface area contributed by atoms with E-state index in [1.165, 1.54) is 15.6 Å². The van der Waals surface area contributed by atoms with Gasteiger partial charge in [-0.2, -0.15) is 0 Å². The highest BCUT2D eigenvalue weighted by atomic mass is 79.9. The Morgan fingerprint density at radius 3 is 2.63 bits per heavy atom. The van der Waals surface area contributed by atoms with Gasteiger partial charge in [0.05, 0.1) is 11.7 Å². The van der Waals surface area contributed by atoms with E-state index in [4.69, 9.17) is 4.98 Å². The molecule has 0 aliphatic rings. The van der Waals surface area contributed by atoms with Crippen molar-refractivity contribution in [3.63, 3.8) is 0 Å². The largest absolute Gasteiger partial charge is 0.304 e. The maximum Gasteiger partial charge on any atom is 0.115 e. The molecule has 2 aromatic rings. The number of rotatable bonds is 6. The zero-order valence-electron chi connectivity index (χ0n) is 11.4.